The molecule has 0 spiro atoms. The van der Waals surface area contributed by atoms with Gasteiger partial charge in [-0.15, -0.1) is 0 Å². The molecule has 2 aromatic carbocycles. The summed E-state index contributed by atoms with van der Waals surface area (Å²) in [6, 6.07) is 8.21. The monoisotopic (exact) mass is 468 g/mol. The molecule has 0 N–H and O–H groups in total. The van der Waals surface area contributed by atoms with Gasteiger partial charge in [-0.05, 0) is 78.3 Å². The molecule has 0 aliphatic carbocycles. The van der Waals surface area contributed by atoms with Gasteiger partial charge in [-0.3, -0.25) is 9.59 Å². The molecule has 0 radical (unpaired) electrons. The van der Waals surface area contributed by atoms with Crippen molar-refractivity contribution in [2.24, 2.45) is 0 Å². The van der Waals surface area contributed by atoms with Crippen molar-refractivity contribution >= 4 is 18.2 Å². The molecule has 0 saturated heterocycles. The molecule has 0 fully saturated rings. The molecule has 0 aliphatic rings. The third kappa shape index (κ3) is 5.40. The molecule has 2 rings (SSSR count). The smallest absolute Gasteiger partial charge is 0.229 e. The maximum Gasteiger partial charge on any atom is 0.229 e. The van der Waals surface area contributed by atoms with E-state index in [9.17, 15) is 14.2 Å². The summed E-state index contributed by atoms with van der Waals surface area (Å²) in [5.41, 5.74) is 6.18. The highest BCUT2D eigenvalue weighted by Crippen LogP contribution is 2.54. The van der Waals surface area contributed by atoms with E-state index in [1.165, 1.54) is 11.1 Å². The molecule has 0 bridgehead atoms. The minimum atomic E-state index is -3.83. The third-order valence-corrected chi connectivity index (χ3v) is 9.52. The Morgan fingerprint density at radius 3 is 1.09 bits per heavy atom. The van der Waals surface area contributed by atoms with Gasteiger partial charge < -0.3 is 4.57 Å². The normalized spacial score (nSPS) is 11.6. The van der Waals surface area contributed by atoms with E-state index in [0.717, 1.165) is 35.1 Å². The van der Waals surface area contributed by atoms with Crippen LogP contribution >= 0.6 is 7.14 Å². The van der Waals surface area contributed by atoms with Crippen molar-refractivity contribution < 1.29 is 14.2 Å². The molecule has 4 heteroatoms. The van der Waals surface area contributed by atoms with Crippen molar-refractivity contribution in [3.8, 4) is 0 Å². The molecule has 33 heavy (non-hydrogen) atoms. The van der Waals surface area contributed by atoms with Crippen LogP contribution in [0.5, 0.6) is 0 Å². The van der Waals surface area contributed by atoms with E-state index in [4.69, 9.17) is 0 Å². The van der Waals surface area contributed by atoms with Crippen LogP contribution in [0.15, 0.2) is 24.3 Å². The second-order valence-corrected chi connectivity index (χ2v) is 11.5. The maximum absolute atomic E-state index is 14.5. The lowest BCUT2D eigenvalue weighted by Crippen LogP contribution is -2.19. The molecule has 0 amide bonds. The van der Waals surface area contributed by atoms with Gasteiger partial charge in [0.25, 0.3) is 0 Å². The van der Waals surface area contributed by atoms with Crippen molar-refractivity contribution in [2.75, 3.05) is 6.16 Å². The minimum Gasteiger partial charge on any atom is -0.307 e. The van der Waals surface area contributed by atoms with Gasteiger partial charge >= 0.3 is 0 Å². The lowest BCUT2D eigenvalue weighted by molar-refractivity contribution is 0.103. The van der Waals surface area contributed by atoms with Crippen LogP contribution in [0.4, 0.5) is 0 Å². The molecule has 0 aliphatic heterocycles. The average Bonchev–Trinajstić information content (AvgIpc) is 2.85. The van der Waals surface area contributed by atoms with E-state index in [1.807, 2.05) is 34.6 Å². The Hall–Kier alpha value is -1.99. The molecular weight excluding hydrogens is 427 g/mol. The average molecular weight is 469 g/mol. The molecule has 180 valence electrons. The molecule has 0 atom stereocenters. The molecule has 3 nitrogen and oxygen atoms in total. The van der Waals surface area contributed by atoms with Crippen LogP contribution in [0.3, 0.4) is 0 Å². The summed E-state index contributed by atoms with van der Waals surface area (Å²) in [5.74, 6) is 0. The standard InChI is InChI=1S/C29H41O3P/c1-8-15-33(32,28(30)26-22(11-4)16-20(9-2)17-23(26)12-5)29(31)27-24(13-6)18-21(10-3)19-25(27)14-7/h16-19H,8-15H2,1-7H3. The van der Waals surface area contributed by atoms with Gasteiger partial charge in [-0.25, -0.2) is 0 Å². The number of aryl methyl sites for hydroxylation is 6. The lowest BCUT2D eigenvalue weighted by Gasteiger charge is -2.23. The molecule has 0 unspecified atom stereocenters. The first-order valence-corrected chi connectivity index (χ1v) is 14.6. The lowest BCUT2D eigenvalue weighted by atomic mass is 9.94. The van der Waals surface area contributed by atoms with Gasteiger partial charge in [0, 0.05) is 17.3 Å². The first-order chi connectivity index (χ1) is 15.8. The summed E-state index contributed by atoms with van der Waals surface area (Å²) in [6.45, 7) is 14.2. The third-order valence-electron chi connectivity index (χ3n) is 6.69. The zero-order chi connectivity index (χ0) is 24.8. The molecule has 0 heterocycles. The van der Waals surface area contributed by atoms with Gasteiger partial charge in [0.05, 0.1) is 0 Å². The van der Waals surface area contributed by atoms with Crippen molar-refractivity contribution in [1.29, 1.82) is 0 Å². The van der Waals surface area contributed by atoms with E-state index < -0.39 is 18.2 Å². The highest BCUT2D eigenvalue weighted by Gasteiger charge is 2.42. The summed E-state index contributed by atoms with van der Waals surface area (Å²) in [7, 11) is -3.83. The van der Waals surface area contributed by atoms with Gasteiger partial charge in [0.1, 0.15) is 0 Å². The van der Waals surface area contributed by atoms with E-state index in [0.29, 0.717) is 43.2 Å². The Morgan fingerprint density at radius 2 is 0.879 bits per heavy atom. The van der Waals surface area contributed by atoms with Crippen molar-refractivity contribution in [3.63, 3.8) is 0 Å². The molecule has 0 aromatic heterocycles. The summed E-state index contributed by atoms with van der Waals surface area (Å²) in [6.07, 6.45) is 5.10. The van der Waals surface area contributed by atoms with Gasteiger partial charge in [-0.1, -0.05) is 72.7 Å². The van der Waals surface area contributed by atoms with Crippen LogP contribution in [0, 0.1) is 0 Å². The summed E-state index contributed by atoms with van der Waals surface area (Å²) in [5, 5.41) is 0. The highest BCUT2D eigenvalue weighted by atomic mass is 31.2. The summed E-state index contributed by atoms with van der Waals surface area (Å²) >= 11 is 0. The SMILES string of the molecule is CCCP(=O)(C(=O)c1c(CC)cc(CC)cc1CC)C(=O)c1c(CC)cc(CC)cc1CC. The van der Waals surface area contributed by atoms with Crippen LogP contribution < -0.4 is 0 Å². The fourth-order valence-electron chi connectivity index (χ4n) is 4.72. The quantitative estimate of drug-likeness (QED) is 0.298. The van der Waals surface area contributed by atoms with Gasteiger partial charge in [0.2, 0.25) is 18.2 Å². The van der Waals surface area contributed by atoms with E-state index in [1.54, 1.807) is 0 Å². The summed E-state index contributed by atoms with van der Waals surface area (Å²) in [4.78, 5) is 28.1. The molecule has 0 saturated carbocycles. The minimum absolute atomic E-state index is 0.119. The van der Waals surface area contributed by atoms with Crippen LogP contribution in [0.1, 0.15) is 109 Å². The maximum atomic E-state index is 14.5. The zero-order valence-corrected chi connectivity index (χ0v) is 22.5. The van der Waals surface area contributed by atoms with E-state index >= 15 is 0 Å². The Morgan fingerprint density at radius 1 is 0.576 bits per heavy atom. The topological polar surface area (TPSA) is 51.2 Å². The number of benzene rings is 2. The predicted octanol–water partition coefficient (Wildman–Crippen LogP) is 7.81. The van der Waals surface area contributed by atoms with Crippen molar-refractivity contribution in [3.05, 3.63) is 68.8 Å². The van der Waals surface area contributed by atoms with Crippen molar-refractivity contribution in [2.45, 2.75) is 93.4 Å². The fourth-order valence-corrected chi connectivity index (χ4v) is 7.24. The summed E-state index contributed by atoms with van der Waals surface area (Å²) < 4.78 is 14.5. The Labute approximate surface area is 200 Å². The second kappa shape index (κ2) is 11.9. The zero-order valence-electron chi connectivity index (χ0n) is 21.6. The van der Waals surface area contributed by atoms with Crippen molar-refractivity contribution in [1.82, 2.24) is 0 Å². The fraction of sp³-hybridized carbons (Fsp3) is 0.517. The van der Waals surface area contributed by atoms with E-state index in [2.05, 4.69) is 38.1 Å². The van der Waals surface area contributed by atoms with Crippen LogP contribution in [-0.2, 0) is 43.1 Å². The number of hydrogen-bond donors (Lipinski definition) is 0. The number of rotatable bonds is 12. The Kier molecular flexibility index (Phi) is 9.85. The Bertz CT molecular complexity index is 935. The molecular formula is C29H41O3P. The van der Waals surface area contributed by atoms with Gasteiger partial charge in [-0.2, -0.15) is 0 Å². The van der Waals surface area contributed by atoms with Crippen LogP contribution in [-0.4, -0.2) is 17.2 Å². The van der Waals surface area contributed by atoms with Gasteiger partial charge in [0.15, 0.2) is 0 Å². The largest absolute Gasteiger partial charge is 0.307 e. The number of carbonyl (C=O) groups excluding carboxylic acids is 2. The number of hydrogen-bond acceptors (Lipinski definition) is 3. The van der Waals surface area contributed by atoms with E-state index in [-0.39, 0.29) is 6.16 Å². The van der Waals surface area contributed by atoms with Crippen LogP contribution in [0.2, 0.25) is 0 Å². The first-order valence-electron chi connectivity index (χ1n) is 12.7. The van der Waals surface area contributed by atoms with Crippen LogP contribution in [0.25, 0.3) is 0 Å². The predicted molar refractivity (Wildman–Crippen MR) is 141 cm³/mol. The first kappa shape index (κ1) is 27.3. The number of carbonyl (C=O) groups is 2. The highest BCUT2D eigenvalue weighted by molar-refractivity contribution is 7.95. The Balaban J connectivity index is 2.78. The second-order valence-electron chi connectivity index (χ2n) is 8.77. The molecule has 2 aromatic rings.